The molecule has 2 saturated heterocycles. The van der Waals surface area contributed by atoms with Gasteiger partial charge in [-0.3, -0.25) is 19.4 Å². The maximum atomic E-state index is 13.0. The summed E-state index contributed by atoms with van der Waals surface area (Å²) in [6.07, 6.45) is 0. The van der Waals surface area contributed by atoms with Gasteiger partial charge in [-0.25, -0.2) is 4.98 Å². The molecule has 0 bridgehead atoms. The summed E-state index contributed by atoms with van der Waals surface area (Å²) in [6.45, 7) is 6.98. The zero-order valence-electron chi connectivity index (χ0n) is 22.4. The number of nitrogens with one attached hydrogen (secondary N) is 1. The fourth-order valence-electron chi connectivity index (χ4n) is 5.14. The maximum Gasteiger partial charge on any atom is 0.273 e. The molecule has 6 rings (SSSR count). The summed E-state index contributed by atoms with van der Waals surface area (Å²) >= 11 is 13.4. The van der Waals surface area contributed by atoms with Crippen LogP contribution in [0.2, 0.25) is 10.0 Å². The maximum absolute atomic E-state index is 13.0. The van der Waals surface area contributed by atoms with Gasteiger partial charge in [-0.15, -0.1) is 11.3 Å². The van der Waals surface area contributed by atoms with Crippen molar-refractivity contribution in [3.63, 3.8) is 0 Å². The normalized spacial score (nSPS) is 17.6. The van der Waals surface area contributed by atoms with Gasteiger partial charge in [-0.05, 0) is 35.9 Å². The third-order valence-corrected chi connectivity index (χ3v) is 8.98. The van der Waals surface area contributed by atoms with Crippen LogP contribution in [0.25, 0.3) is 0 Å². The Morgan fingerprint density at radius 1 is 0.854 bits per heavy atom. The highest BCUT2D eigenvalue weighted by Gasteiger charge is 2.27. The van der Waals surface area contributed by atoms with E-state index in [2.05, 4.69) is 26.2 Å². The number of piperazine rings is 2. The molecule has 3 aliphatic rings. The van der Waals surface area contributed by atoms with E-state index >= 15 is 0 Å². The van der Waals surface area contributed by atoms with Crippen molar-refractivity contribution >= 4 is 57.2 Å². The number of thiazole rings is 1. The Hall–Kier alpha value is -3.09. The lowest BCUT2D eigenvalue weighted by atomic mass is 10.1. The lowest BCUT2D eigenvalue weighted by Crippen LogP contribution is -2.54. The van der Waals surface area contributed by atoms with Crippen molar-refractivity contribution < 1.29 is 19.1 Å². The van der Waals surface area contributed by atoms with E-state index in [0.717, 1.165) is 36.8 Å². The van der Waals surface area contributed by atoms with Gasteiger partial charge in [0, 0.05) is 70.0 Å². The predicted octanol–water partition coefficient (Wildman–Crippen LogP) is 4.02. The topological polar surface area (TPSA) is 90.5 Å². The largest absolute Gasteiger partial charge is 0.454 e. The predicted molar refractivity (Wildman–Crippen MR) is 159 cm³/mol. The van der Waals surface area contributed by atoms with E-state index in [1.165, 1.54) is 16.9 Å². The lowest BCUT2D eigenvalue weighted by molar-refractivity contribution is -0.134. The molecule has 1 N–H and O–H groups in total. The minimum absolute atomic E-state index is 0.104. The SMILES string of the molecule is O=C(CN1CCN(C(=O)c2csc(Nc3ccc(Cl)c(Cl)c3)n2)CC1)N1CCN(Cc2ccc3c(c2)OCO3)CC1. The molecule has 216 valence electrons. The van der Waals surface area contributed by atoms with Gasteiger partial charge in [0.2, 0.25) is 12.7 Å². The van der Waals surface area contributed by atoms with E-state index in [0.29, 0.717) is 66.7 Å². The third-order valence-electron chi connectivity index (χ3n) is 7.48. The monoisotopic (exact) mass is 616 g/mol. The van der Waals surface area contributed by atoms with Crippen molar-refractivity contribution in [2.45, 2.75) is 6.54 Å². The molecular formula is C28H30Cl2N6O4S. The quantitative estimate of drug-likeness (QED) is 0.426. The van der Waals surface area contributed by atoms with Crippen molar-refractivity contribution in [3.05, 3.63) is 63.1 Å². The van der Waals surface area contributed by atoms with Gasteiger partial charge in [0.25, 0.3) is 5.91 Å². The number of carbonyl (C=O) groups is 2. The Morgan fingerprint density at radius 2 is 1.59 bits per heavy atom. The van der Waals surface area contributed by atoms with Crippen molar-refractivity contribution in [2.75, 3.05) is 71.0 Å². The smallest absolute Gasteiger partial charge is 0.273 e. The molecule has 2 amide bonds. The van der Waals surface area contributed by atoms with Gasteiger partial charge in [0.15, 0.2) is 16.6 Å². The van der Waals surface area contributed by atoms with E-state index in [4.69, 9.17) is 32.7 Å². The number of fused-ring (bicyclic) bond motifs is 1. The van der Waals surface area contributed by atoms with Crippen LogP contribution in [0.15, 0.2) is 41.8 Å². The van der Waals surface area contributed by atoms with Crippen molar-refractivity contribution in [1.29, 1.82) is 0 Å². The van der Waals surface area contributed by atoms with Gasteiger partial charge in [-0.2, -0.15) is 0 Å². The van der Waals surface area contributed by atoms with Crippen LogP contribution in [0.1, 0.15) is 16.1 Å². The first-order valence-electron chi connectivity index (χ1n) is 13.5. The number of benzene rings is 2. The van der Waals surface area contributed by atoms with Crippen LogP contribution in [0.3, 0.4) is 0 Å². The van der Waals surface area contributed by atoms with Gasteiger partial charge in [-0.1, -0.05) is 29.3 Å². The Bertz CT molecular complexity index is 1420. The van der Waals surface area contributed by atoms with E-state index in [1.54, 1.807) is 28.5 Å². The van der Waals surface area contributed by atoms with Crippen molar-refractivity contribution in [2.24, 2.45) is 0 Å². The zero-order chi connectivity index (χ0) is 28.3. The van der Waals surface area contributed by atoms with Gasteiger partial charge >= 0.3 is 0 Å². The second-order valence-electron chi connectivity index (χ2n) is 10.2. The first kappa shape index (κ1) is 28.0. The highest BCUT2D eigenvalue weighted by atomic mass is 35.5. The summed E-state index contributed by atoms with van der Waals surface area (Å²) in [7, 11) is 0. The van der Waals surface area contributed by atoms with E-state index in [-0.39, 0.29) is 18.6 Å². The molecule has 3 aliphatic heterocycles. The molecule has 2 aromatic carbocycles. The summed E-state index contributed by atoms with van der Waals surface area (Å²) in [4.78, 5) is 38.8. The molecule has 41 heavy (non-hydrogen) atoms. The van der Waals surface area contributed by atoms with Crippen LogP contribution in [0.5, 0.6) is 11.5 Å². The number of halogens is 2. The third kappa shape index (κ3) is 6.70. The fourth-order valence-corrected chi connectivity index (χ4v) is 6.14. The summed E-state index contributed by atoms with van der Waals surface area (Å²) in [5.74, 6) is 1.63. The van der Waals surface area contributed by atoms with Gasteiger partial charge in [0.1, 0.15) is 5.69 Å². The average Bonchev–Trinajstić information content (AvgIpc) is 3.65. The lowest BCUT2D eigenvalue weighted by Gasteiger charge is -2.38. The second-order valence-corrected chi connectivity index (χ2v) is 11.9. The summed E-state index contributed by atoms with van der Waals surface area (Å²) in [5, 5.41) is 6.44. The Balaban J connectivity index is 0.927. The first-order chi connectivity index (χ1) is 19.9. The number of hydrogen-bond donors (Lipinski definition) is 1. The van der Waals surface area contributed by atoms with Crippen molar-refractivity contribution in [3.8, 4) is 11.5 Å². The fraction of sp³-hybridized carbons (Fsp3) is 0.393. The molecule has 0 aliphatic carbocycles. The molecule has 4 heterocycles. The van der Waals surface area contributed by atoms with Crippen LogP contribution < -0.4 is 14.8 Å². The number of aromatic nitrogens is 1. The molecular weight excluding hydrogens is 587 g/mol. The second kappa shape index (κ2) is 12.4. The number of rotatable bonds is 7. The van der Waals surface area contributed by atoms with E-state index in [1.807, 2.05) is 17.0 Å². The zero-order valence-corrected chi connectivity index (χ0v) is 24.7. The number of nitrogens with zero attached hydrogens (tertiary/aromatic N) is 5. The molecule has 2 fully saturated rings. The molecule has 3 aromatic rings. The van der Waals surface area contributed by atoms with Crippen LogP contribution in [-0.4, -0.2) is 102 Å². The number of carbonyl (C=O) groups excluding carboxylic acids is 2. The minimum atomic E-state index is -0.104. The molecule has 0 radical (unpaired) electrons. The Kier molecular flexibility index (Phi) is 8.50. The van der Waals surface area contributed by atoms with Gasteiger partial charge < -0.3 is 24.6 Å². The van der Waals surface area contributed by atoms with Crippen LogP contribution in [0, 0.1) is 0 Å². The first-order valence-corrected chi connectivity index (χ1v) is 15.1. The van der Waals surface area contributed by atoms with E-state index in [9.17, 15) is 9.59 Å². The molecule has 1 aromatic heterocycles. The van der Waals surface area contributed by atoms with Crippen molar-refractivity contribution in [1.82, 2.24) is 24.6 Å². The van der Waals surface area contributed by atoms with E-state index < -0.39 is 0 Å². The number of hydrogen-bond acceptors (Lipinski definition) is 9. The summed E-state index contributed by atoms with van der Waals surface area (Å²) in [5.41, 5.74) is 2.33. The summed E-state index contributed by atoms with van der Waals surface area (Å²) in [6, 6.07) is 11.3. The minimum Gasteiger partial charge on any atom is -0.454 e. The Labute approximate surface area is 252 Å². The highest BCUT2D eigenvalue weighted by molar-refractivity contribution is 7.14. The molecule has 13 heteroatoms. The molecule has 0 unspecified atom stereocenters. The number of ether oxygens (including phenoxy) is 2. The average molecular weight is 618 g/mol. The highest BCUT2D eigenvalue weighted by Crippen LogP contribution is 2.33. The number of amides is 2. The summed E-state index contributed by atoms with van der Waals surface area (Å²) < 4.78 is 10.9. The van der Waals surface area contributed by atoms with Crippen LogP contribution in [-0.2, 0) is 11.3 Å². The molecule has 0 saturated carbocycles. The molecule has 0 spiro atoms. The Morgan fingerprint density at radius 3 is 2.37 bits per heavy atom. The van der Waals surface area contributed by atoms with Crippen LogP contribution >= 0.6 is 34.5 Å². The molecule has 10 nitrogen and oxygen atoms in total. The molecule has 0 atom stereocenters. The number of anilines is 2. The van der Waals surface area contributed by atoms with Crippen LogP contribution in [0.4, 0.5) is 10.8 Å². The van der Waals surface area contributed by atoms with Gasteiger partial charge in [0.05, 0.1) is 16.6 Å². The standard InChI is InChI=1S/C28H30Cl2N6O4S/c29-21-3-2-20(14-22(21)30)31-28-32-23(17-41-28)27(38)36-11-7-34(8-12-36)16-26(37)35-9-5-33(6-10-35)15-19-1-4-24-25(13-19)40-18-39-24/h1-4,13-14,17H,5-12,15-16,18H2,(H,31,32).